The summed E-state index contributed by atoms with van der Waals surface area (Å²) in [6.07, 6.45) is 6.85. The molecule has 398 valence electrons. The van der Waals surface area contributed by atoms with Crippen LogP contribution in [0, 0.1) is 25.7 Å². The van der Waals surface area contributed by atoms with Crippen LogP contribution in [0.15, 0.2) is 109 Å². The van der Waals surface area contributed by atoms with E-state index in [0.717, 1.165) is 58.4 Å². The summed E-state index contributed by atoms with van der Waals surface area (Å²) in [6.45, 7) is 2.78. The number of ether oxygens (including phenoxy) is 4. The molecule has 8 rings (SSSR count). The number of ketones is 1. The van der Waals surface area contributed by atoms with Gasteiger partial charge in [0, 0.05) is 53.8 Å². The molecule has 0 aliphatic heterocycles. The van der Waals surface area contributed by atoms with Gasteiger partial charge in [0.25, 0.3) is 17.7 Å². The molecule has 1 unspecified atom stereocenters. The number of carbonyl (C=O) groups excluding carboxylic acids is 7. The number of rotatable bonds is 22. The molecule has 5 amide bonds. The Bertz CT molecular complexity index is 3240. The Morgan fingerprint density at radius 3 is 2.12 bits per heavy atom. The number of carboxylic acids is 1. The number of pyridine rings is 1. The first-order chi connectivity index (χ1) is 37.1. The zero-order valence-electron chi connectivity index (χ0n) is 43.5. The number of methoxy groups -OCH3 is 1. The summed E-state index contributed by atoms with van der Waals surface area (Å²) in [4.78, 5) is 92.9. The van der Waals surface area contributed by atoms with Crippen molar-refractivity contribution in [1.29, 1.82) is 0 Å². The second kappa shape index (κ2) is 27.1. The summed E-state index contributed by atoms with van der Waals surface area (Å²) in [6, 6.07) is 28.0. The van der Waals surface area contributed by atoms with E-state index < -0.39 is 55.3 Å². The number of carboxylic acid groups (broad SMARTS) is 1. The Hall–Kier alpha value is -7.61. The Morgan fingerprint density at radius 2 is 1.40 bits per heavy atom. The molecule has 1 atom stereocenters. The van der Waals surface area contributed by atoms with Crippen molar-refractivity contribution >= 4 is 70.0 Å². The van der Waals surface area contributed by atoms with Crippen molar-refractivity contribution in [2.75, 3.05) is 56.0 Å². The second-order valence-corrected chi connectivity index (χ2v) is 19.0. The molecule has 0 radical (unpaired) electrons. The number of halogens is 1. The molecule has 18 nitrogen and oxygen atoms in total. The quantitative estimate of drug-likeness (QED) is 0.0471. The van der Waals surface area contributed by atoms with Gasteiger partial charge in [0.2, 0.25) is 11.8 Å². The van der Waals surface area contributed by atoms with Crippen LogP contribution in [0.5, 0.6) is 17.2 Å². The number of anilines is 3. The summed E-state index contributed by atoms with van der Waals surface area (Å²) in [5.41, 5.74) is 7.03. The van der Waals surface area contributed by atoms with Crippen LogP contribution in [0.2, 0.25) is 5.02 Å². The molecule has 5 aromatic carbocycles. The Kier molecular flexibility index (Phi) is 20.2. The first-order valence-electron chi connectivity index (χ1n) is 25.0. The molecule has 1 saturated carbocycles. The Balaban J connectivity index is 0.00000882. The van der Waals surface area contributed by atoms with Crippen molar-refractivity contribution < 1.29 is 87.2 Å². The van der Waals surface area contributed by atoms with Crippen LogP contribution in [0.3, 0.4) is 0 Å². The van der Waals surface area contributed by atoms with Gasteiger partial charge in [-0.1, -0.05) is 54.8 Å². The van der Waals surface area contributed by atoms with E-state index in [2.05, 4.69) is 31.6 Å². The van der Waals surface area contributed by atoms with Crippen LogP contribution in [0.1, 0.15) is 89.5 Å². The Labute approximate surface area is 477 Å². The summed E-state index contributed by atoms with van der Waals surface area (Å²) < 4.78 is 22.6. The van der Waals surface area contributed by atoms with Crippen LogP contribution < -0.4 is 75.5 Å². The fourth-order valence-electron chi connectivity index (χ4n) is 9.47. The minimum Gasteiger partial charge on any atom is -0.545 e. The maximum Gasteiger partial charge on any atom is 1.00 e. The van der Waals surface area contributed by atoms with Gasteiger partial charge in [-0.05, 0) is 139 Å². The van der Waals surface area contributed by atoms with Crippen molar-refractivity contribution in [2.24, 2.45) is 11.8 Å². The van der Waals surface area contributed by atoms with E-state index in [0.29, 0.717) is 22.9 Å². The molecule has 20 heteroatoms. The molecule has 0 bridgehead atoms. The smallest absolute Gasteiger partial charge is 0.545 e. The monoisotopic (exact) mass is 1090 g/mol. The van der Waals surface area contributed by atoms with Gasteiger partial charge >= 0.3 is 29.6 Å². The predicted octanol–water partition coefficient (Wildman–Crippen LogP) is 4.29. The normalized spacial score (nSPS) is 13.6. The van der Waals surface area contributed by atoms with Crippen molar-refractivity contribution in [3.8, 4) is 28.4 Å². The molecule has 1 fully saturated rings. The van der Waals surface area contributed by atoms with Crippen molar-refractivity contribution in [3.05, 3.63) is 159 Å². The summed E-state index contributed by atoms with van der Waals surface area (Å²) >= 11 is 6.41. The van der Waals surface area contributed by atoms with E-state index in [9.17, 15) is 38.7 Å². The minimum atomic E-state index is -1.49. The van der Waals surface area contributed by atoms with Gasteiger partial charge < -0.3 is 55.4 Å². The second-order valence-electron chi connectivity index (χ2n) is 18.6. The fourth-order valence-corrected chi connectivity index (χ4v) is 9.74. The average molecular weight is 1090 g/mol. The average Bonchev–Trinajstić information content (AvgIpc) is 4.14. The van der Waals surface area contributed by atoms with E-state index in [4.69, 9.17) is 30.5 Å². The van der Waals surface area contributed by atoms with Crippen molar-refractivity contribution in [1.82, 2.24) is 15.6 Å². The van der Waals surface area contributed by atoms with Crippen LogP contribution in [-0.4, -0.2) is 86.3 Å². The van der Waals surface area contributed by atoms with E-state index in [-0.39, 0.29) is 100.0 Å². The molecule has 2 aliphatic carbocycles. The zero-order valence-corrected chi connectivity index (χ0v) is 46.3. The predicted molar refractivity (Wildman–Crippen MR) is 285 cm³/mol. The number of hydrogen-bond donors (Lipinski definition) is 5. The SMILES string of the molecule is COc1cc(NC(=O)c2ccccn2)ccc1NC(=O)c1ccc(NC(=O)COCC(=O)NCCNC(=O)COc2ccc(-c3cccc(COc4cc5c(c(C)c4C)C(=O)C(C4CCCC4)C5)c3)cc2C(=O)[O-])cc1Cl.[Na+]. The van der Waals surface area contributed by atoms with Crippen molar-refractivity contribution in [3.63, 3.8) is 0 Å². The maximum absolute atomic E-state index is 13.4. The number of hydrogen-bond acceptors (Lipinski definition) is 13. The first kappa shape index (κ1) is 58.1. The van der Waals surface area contributed by atoms with Gasteiger partial charge in [-0.3, -0.25) is 33.8 Å². The number of aromatic carboxylic acids is 1. The first-order valence-corrected chi connectivity index (χ1v) is 25.3. The maximum atomic E-state index is 13.4. The third-order valence-electron chi connectivity index (χ3n) is 13.5. The third-order valence-corrected chi connectivity index (χ3v) is 13.8. The van der Waals surface area contributed by atoms with Crippen LogP contribution in [0.4, 0.5) is 17.1 Å². The van der Waals surface area contributed by atoms with Gasteiger partial charge in [0.1, 0.15) is 42.8 Å². The van der Waals surface area contributed by atoms with E-state index in [1.165, 1.54) is 62.5 Å². The molecule has 2 aliphatic rings. The number of benzene rings is 5. The number of nitrogens with one attached hydrogen (secondary N) is 5. The van der Waals surface area contributed by atoms with Gasteiger partial charge in [-0.15, -0.1) is 0 Å². The molecule has 1 heterocycles. The fraction of sp³-hybridized carbons (Fsp3) is 0.276. The molecule has 6 aromatic rings. The topological polar surface area (TPSA) is 253 Å². The van der Waals surface area contributed by atoms with E-state index in [1.54, 1.807) is 36.4 Å². The number of aromatic nitrogens is 1. The number of fused-ring (bicyclic) bond motifs is 1. The van der Waals surface area contributed by atoms with Gasteiger partial charge in [0.15, 0.2) is 12.4 Å². The molecule has 5 N–H and O–H groups in total. The van der Waals surface area contributed by atoms with Crippen LogP contribution >= 0.6 is 11.6 Å². The number of Topliss-reactive ketones (excluding diaryl/α,β-unsaturated/α-hetero) is 1. The standard InChI is InChI=1S/C58H57ClN6O12.Na/c1-33-34(2)54-39(25-43(55(54)69)36-10-4-5-11-36)26-49(33)76-29-35-9-8-12-37(23-35)38-14-19-48(44(24-38)58(72)73)77-32-52(67)62-22-21-61-51(66)30-75-31-53(68)63-40-15-17-42(45(59)27-40)56(70)65-46-18-16-41(28-50(46)74-3)64-57(71)47-13-6-7-20-60-47;/h6-9,12-20,23-24,26-28,36,43H,4-5,10-11,21-22,25,29-32H2,1-3H3,(H,61,66)(H,62,67)(H,63,68)(H,64,71)(H,65,70)(H,72,73);/q;+1/p-1. The summed E-state index contributed by atoms with van der Waals surface area (Å²) in [5.74, 6) is -2.51. The number of amides is 5. The van der Waals surface area contributed by atoms with Crippen LogP contribution in [0.25, 0.3) is 11.1 Å². The molecular formula is C58H56ClN6NaO12. The van der Waals surface area contributed by atoms with E-state index in [1.807, 2.05) is 44.2 Å². The minimum absolute atomic E-state index is 0. The number of nitrogens with zero attached hydrogens (tertiary/aromatic N) is 1. The van der Waals surface area contributed by atoms with Gasteiger partial charge in [-0.25, -0.2) is 0 Å². The summed E-state index contributed by atoms with van der Waals surface area (Å²) in [5, 5.41) is 25.4. The van der Waals surface area contributed by atoms with Gasteiger partial charge in [0.05, 0.1) is 29.4 Å². The zero-order chi connectivity index (χ0) is 54.6. The number of carbonyl (C=O) groups is 7. The largest absolute Gasteiger partial charge is 1.00 e. The molecule has 0 saturated heterocycles. The molecule has 78 heavy (non-hydrogen) atoms. The van der Waals surface area contributed by atoms with Crippen LogP contribution in [-0.2, 0) is 32.1 Å². The molecule has 0 spiro atoms. The van der Waals surface area contributed by atoms with Crippen molar-refractivity contribution in [2.45, 2.75) is 52.6 Å². The molecule has 1 aromatic heterocycles. The molecular weight excluding hydrogens is 1030 g/mol. The third kappa shape index (κ3) is 14.7. The van der Waals surface area contributed by atoms with E-state index >= 15 is 0 Å². The Morgan fingerprint density at radius 1 is 0.679 bits per heavy atom. The summed E-state index contributed by atoms with van der Waals surface area (Å²) in [7, 11) is 1.41. The van der Waals surface area contributed by atoms with Gasteiger partial charge in [-0.2, -0.15) is 0 Å².